The van der Waals surface area contributed by atoms with Crippen LogP contribution in [0.1, 0.15) is 5.56 Å². The van der Waals surface area contributed by atoms with E-state index in [-0.39, 0.29) is 18.5 Å². The molecule has 0 unspecified atom stereocenters. The van der Waals surface area contributed by atoms with E-state index in [0.29, 0.717) is 34.7 Å². The van der Waals surface area contributed by atoms with Crippen LogP contribution in [0.25, 0.3) is 11.4 Å². The standard InChI is InChI=1S/C23H19N5O3S/c29-21(25-18-8-9-19-20(11-18)31-15-30-19)14-32-23-27-26-22(17-7-4-10-24-12-17)28(23)13-16-5-2-1-3-6-16/h1-12H,13-15H2,(H,25,29). The van der Waals surface area contributed by atoms with Gasteiger partial charge in [0, 0.05) is 29.7 Å². The maximum absolute atomic E-state index is 12.6. The van der Waals surface area contributed by atoms with Gasteiger partial charge < -0.3 is 14.8 Å². The predicted molar refractivity (Wildman–Crippen MR) is 121 cm³/mol. The van der Waals surface area contributed by atoms with E-state index in [1.165, 1.54) is 11.8 Å². The van der Waals surface area contributed by atoms with E-state index in [2.05, 4.69) is 20.5 Å². The summed E-state index contributed by atoms with van der Waals surface area (Å²) in [4.78, 5) is 16.8. The molecule has 1 amide bonds. The molecule has 32 heavy (non-hydrogen) atoms. The summed E-state index contributed by atoms with van der Waals surface area (Å²) in [5, 5.41) is 12.3. The predicted octanol–water partition coefficient (Wildman–Crippen LogP) is 3.85. The topological polar surface area (TPSA) is 91.2 Å². The second-order valence-corrected chi connectivity index (χ2v) is 7.97. The van der Waals surface area contributed by atoms with E-state index in [4.69, 9.17) is 9.47 Å². The van der Waals surface area contributed by atoms with Gasteiger partial charge in [-0.25, -0.2) is 0 Å². The lowest BCUT2D eigenvalue weighted by molar-refractivity contribution is -0.113. The Morgan fingerprint density at radius 3 is 2.75 bits per heavy atom. The number of pyridine rings is 1. The maximum atomic E-state index is 12.6. The Morgan fingerprint density at radius 2 is 1.91 bits per heavy atom. The monoisotopic (exact) mass is 445 g/mol. The Bertz CT molecular complexity index is 1230. The number of hydrogen-bond donors (Lipinski definition) is 1. The number of rotatable bonds is 7. The van der Waals surface area contributed by atoms with Crippen LogP contribution in [-0.2, 0) is 11.3 Å². The minimum atomic E-state index is -0.147. The number of ether oxygens (including phenoxy) is 2. The number of nitrogens with zero attached hydrogens (tertiary/aromatic N) is 4. The third-order valence-electron chi connectivity index (χ3n) is 4.81. The lowest BCUT2D eigenvalue weighted by Crippen LogP contribution is -2.14. The van der Waals surface area contributed by atoms with Crippen molar-refractivity contribution in [3.63, 3.8) is 0 Å². The molecule has 4 aromatic rings. The van der Waals surface area contributed by atoms with Gasteiger partial charge in [-0.1, -0.05) is 42.1 Å². The molecule has 5 rings (SSSR count). The highest BCUT2D eigenvalue weighted by molar-refractivity contribution is 7.99. The van der Waals surface area contributed by atoms with Crippen LogP contribution in [0.2, 0.25) is 0 Å². The Balaban J connectivity index is 1.32. The van der Waals surface area contributed by atoms with Crippen LogP contribution in [0.4, 0.5) is 5.69 Å². The van der Waals surface area contributed by atoms with Crippen LogP contribution in [0.5, 0.6) is 11.5 Å². The van der Waals surface area contributed by atoms with Crippen molar-refractivity contribution >= 4 is 23.4 Å². The average Bonchev–Trinajstić information content (AvgIpc) is 3.45. The summed E-state index contributed by atoms with van der Waals surface area (Å²) >= 11 is 1.34. The quantitative estimate of drug-likeness (QED) is 0.432. The molecule has 0 atom stereocenters. The van der Waals surface area contributed by atoms with E-state index < -0.39 is 0 Å². The van der Waals surface area contributed by atoms with Gasteiger partial charge in [0.1, 0.15) is 0 Å². The first-order valence-electron chi connectivity index (χ1n) is 9.96. The van der Waals surface area contributed by atoms with Crippen LogP contribution < -0.4 is 14.8 Å². The number of benzene rings is 2. The highest BCUT2D eigenvalue weighted by Crippen LogP contribution is 2.34. The SMILES string of the molecule is O=C(CSc1nnc(-c2cccnc2)n1Cc1ccccc1)Nc1ccc2c(c1)OCO2. The van der Waals surface area contributed by atoms with Gasteiger partial charge in [0.15, 0.2) is 22.5 Å². The van der Waals surface area contributed by atoms with E-state index in [1.807, 2.05) is 47.0 Å². The van der Waals surface area contributed by atoms with E-state index in [0.717, 1.165) is 11.1 Å². The average molecular weight is 446 g/mol. The first-order chi connectivity index (χ1) is 15.8. The van der Waals surface area contributed by atoms with Gasteiger partial charge in [0.05, 0.1) is 12.3 Å². The molecule has 0 saturated heterocycles. The minimum Gasteiger partial charge on any atom is -0.454 e. The second kappa shape index (κ2) is 9.11. The number of anilines is 1. The van der Waals surface area contributed by atoms with Gasteiger partial charge in [0.25, 0.3) is 0 Å². The molecule has 1 aliphatic heterocycles. The molecule has 3 heterocycles. The second-order valence-electron chi connectivity index (χ2n) is 7.02. The summed E-state index contributed by atoms with van der Waals surface area (Å²) in [6, 6.07) is 19.2. The molecule has 8 nitrogen and oxygen atoms in total. The van der Waals surface area contributed by atoms with E-state index >= 15 is 0 Å². The fourth-order valence-corrected chi connectivity index (χ4v) is 4.05. The number of hydrogen-bond acceptors (Lipinski definition) is 7. The molecule has 2 aromatic heterocycles. The summed E-state index contributed by atoms with van der Waals surface area (Å²) in [7, 11) is 0. The van der Waals surface area contributed by atoms with Gasteiger partial charge in [-0.2, -0.15) is 0 Å². The highest BCUT2D eigenvalue weighted by atomic mass is 32.2. The maximum Gasteiger partial charge on any atom is 0.234 e. The third-order valence-corrected chi connectivity index (χ3v) is 5.78. The zero-order valence-electron chi connectivity index (χ0n) is 17.0. The normalized spacial score (nSPS) is 12.0. The minimum absolute atomic E-state index is 0.147. The van der Waals surface area contributed by atoms with Crippen molar-refractivity contribution in [2.24, 2.45) is 0 Å². The van der Waals surface area contributed by atoms with Crippen LogP contribution in [0.3, 0.4) is 0 Å². The zero-order chi connectivity index (χ0) is 21.8. The zero-order valence-corrected chi connectivity index (χ0v) is 17.8. The number of aromatic nitrogens is 4. The van der Waals surface area contributed by atoms with Crippen LogP contribution >= 0.6 is 11.8 Å². The molecule has 0 radical (unpaired) electrons. The molecule has 2 aromatic carbocycles. The first kappa shape index (κ1) is 20.1. The summed E-state index contributed by atoms with van der Waals surface area (Å²) in [6.07, 6.45) is 3.48. The molecule has 0 spiro atoms. The Hall–Kier alpha value is -3.85. The van der Waals surface area contributed by atoms with Crippen molar-refractivity contribution < 1.29 is 14.3 Å². The lowest BCUT2D eigenvalue weighted by Gasteiger charge is -2.10. The molecule has 0 saturated carbocycles. The Labute approximate surface area is 188 Å². The molecule has 1 N–H and O–H groups in total. The molecule has 0 bridgehead atoms. The Morgan fingerprint density at radius 1 is 1.03 bits per heavy atom. The van der Waals surface area contributed by atoms with Crippen molar-refractivity contribution in [2.75, 3.05) is 17.9 Å². The summed E-state index contributed by atoms with van der Waals surface area (Å²) in [5.74, 6) is 2.05. The van der Waals surface area contributed by atoms with Crippen molar-refractivity contribution in [1.82, 2.24) is 19.7 Å². The van der Waals surface area contributed by atoms with Crippen molar-refractivity contribution in [1.29, 1.82) is 0 Å². The smallest absolute Gasteiger partial charge is 0.234 e. The van der Waals surface area contributed by atoms with Crippen LogP contribution in [0, 0.1) is 0 Å². The Kier molecular flexibility index (Phi) is 5.71. The number of nitrogens with one attached hydrogen (secondary N) is 1. The fourth-order valence-electron chi connectivity index (χ4n) is 3.31. The van der Waals surface area contributed by atoms with Gasteiger partial charge in [-0.3, -0.25) is 14.3 Å². The third kappa shape index (κ3) is 4.42. The number of thioether (sulfide) groups is 1. The fraction of sp³-hybridized carbons (Fsp3) is 0.130. The van der Waals surface area contributed by atoms with Crippen LogP contribution in [0.15, 0.2) is 78.2 Å². The molecular weight excluding hydrogens is 426 g/mol. The molecule has 9 heteroatoms. The summed E-state index contributed by atoms with van der Waals surface area (Å²) in [5.41, 5.74) is 2.64. The van der Waals surface area contributed by atoms with Crippen molar-refractivity contribution in [3.05, 3.63) is 78.6 Å². The summed E-state index contributed by atoms with van der Waals surface area (Å²) in [6.45, 7) is 0.781. The lowest BCUT2D eigenvalue weighted by atomic mass is 10.2. The van der Waals surface area contributed by atoms with Gasteiger partial charge in [-0.15, -0.1) is 10.2 Å². The summed E-state index contributed by atoms with van der Waals surface area (Å²) < 4.78 is 12.7. The van der Waals surface area contributed by atoms with Crippen LogP contribution in [-0.4, -0.2) is 38.2 Å². The molecular formula is C23H19N5O3S. The molecule has 0 aliphatic carbocycles. The van der Waals surface area contributed by atoms with Crippen molar-refractivity contribution in [3.8, 4) is 22.9 Å². The molecule has 160 valence electrons. The highest BCUT2D eigenvalue weighted by Gasteiger charge is 2.17. The number of amides is 1. The van der Waals surface area contributed by atoms with Crippen molar-refractivity contribution in [2.45, 2.75) is 11.7 Å². The number of carbonyl (C=O) groups excluding carboxylic acids is 1. The van der Waals surface area contributed by atoms with Gasteiger partial charge in [-0.05, 0) is 29.8 Å². The van der Waals surface area contributed by atoms with Gasteiger partial charge >= 0.3 is 0 Å². The van der Waals surface area contributed by atoms with E-state index in [1.54, 1.807) is 30.6 Å². The number of carbonyl (C=O) groups is 1. The van der Waals surface area contributed by atoms with Gasteiger partial charge in [0.2, 0.25) is 12.7 Å². The largest absolute Gasteiger partial charge is 0.454 e. The van der Waals surface area contributed by atoms with E-state index in [9.17, 15) is 4.79 Å². The molecule has 0 fully saturated rings. The first-order valence-corrected chi connectivity index (χ1v) is 10.9. The number of fused-ring (bicyclic) bond motifs is 1. The molecule has 1 aliphatic rings.